The first-order valence-corrected chi connectivity index (χ1v) is 2.69. The summed E-state index contributed by atoms with van der Waals surface area (Å²) in [5.41, 5.74) is 10.9. The molecule has 0 saturated heterocycles. The molecular formula is C5H15ClN2. The first kappa shape index (κ1) is 11.1. The van der Waals surface area contributed by atoms with Crippen LogP contribution in [0.1, 0.15) is 20.3 Å². The monoisotopic (exact) mass is 138 g/mol. The van der Waals surface area contributed by atoms with Crippen molar-refractivity contribution >= 4 is 12.4 Å². The van der Waals surface area contributed by atoms with Gasteiger partial charge in [0.25, 0.3) is 0 Å². The van der Waals surface area contributed by atoms with E-state index < -0.39 is 0 Å². The number of nitrogens with two attached hydrogens (primary N) is 2. The molecule has 2 nitrogen and oxygen atoms in total. The second kappa shape index (κ2) is 5.35. The Morgan fingerprint density at radius 3 is 1.75 bits per heavy atom. The molecule has 0 aliphatic rings. The third kappa shape index (κ3) is 4.37. The second-order valence-electron chi connectivity index (χ2n) is 1.93. The van der Waals surface area contributed by atoms with Gasteiger partial charge in [-0.1, -0.05) is 6.92 Å². The lowest BCUT2D eigenvalue weighted by atomic mass is 10.1. The molecule has 4 N–H and O–H groups in total. The van der Waals surface area contributed by atoms with E-state index in [9.17, 15) is 0 Å². The largest absolute Gasteiger partial charge is 0.327 e. The van der Waals surface area contributed by atoms with Gasteiger partial charge in [-0.05, 0) is 13.3 Å². The van der Waals surface area contributed by atoms with Crippen molar-refractivity contribution in [3.63, 3.8) is 0 Å². The van der Waals surface area contributed by atoms with E-state index in [0.717, 1.165) is 6.42 Å². The van der Waals surface area contributed by atoms with Crippen LogP contribution in [-0.4, -0.2) is 12.1 Å². The van der Waals surface area contributed by atoms with E-state index in [1.807, 2.05) is 13.8 Å². The second-order valence-corrected chi connectivity index (χ2v) is 1.93. The van der Waals surface area contributed by atoms with Crippen LogP contribution >= 0.6 is 12.4 Å². The molecule has 0 fully saturated rings. The summed E-state index contributed by atoms with van der Waals surface area (Å²) in [4.78, 5) is 0. The highest BCUT2D eigenvalue weighted by Gasteiger charge is 2.01. The lowest BCUT2D eigenvalue weighted by Gasteiger charge is -2.11. The van der Waals surface area contributed by atoms with E-state index in [1.165, 1.54) is 0 Å². The van der Waals surface area contributed by atoms with E-state index in [4.69, 9.17) is 11.5 Å². The van der Waals surface area contributed by atoms with Gasteiger partial charge in [-0.2, -0.15) is 0 Å². The van der Waals surface area contributed by atoms with E-state index in [1.54, 1.807) is 0 Å². The number of rotatable bonds is 2. The van der Waals surface area contributed by atoms with Crippen molar-refractivity contribution in [1.82, 2.24) is 0 Å². The van der Waals surface area contributed by atoms with Gasteiger partial charge in [0.2, 0.25) is 0 Å². The highest BCUT2D eigenvalue weighted by atomic mass is 35.5. The lowest BCUT2D eigenvalue weighted by Crippen LogP contribution is -2.38. The minimum atomic E-state index is 0. The smallest absolute Gasteiger partial charge is 0.0186 e. The van der Waals surface area contributed by atoms with E-state index >= 15 is 0 Å². The number of hydrogen-bond acceptors (Lipinski definition) is 2. The van der Waals surface area contributed by atoms with Crippen LogP contribution in [0.25, 0.3) is 0 Å². The average molecular weight is 139 g/mol. The van der Waals surface area contributed by atoms with Gasteiger partial charge in [-0.25, -0.2) is 0 Å². The minimum absolute atomic E-state index is 0. The molecule has 0 aliphatic carbocycles. The Morgan fingerprint density at radius 2 is 1.75 bits per heavy atom. The quantitative estimate of drug-likeness (QED) is 0.584. The van der Waals surface area contributed by atoms with Gasteiger partial charge in [-0.3, -0.25) is 0 Å². The molecule has 0 aromatic heterocycles. The topological polar surface area (TPSA) is 52.0 Å². The molecule has 3 heteroatoms. The standard InChI is InChI=1S/C5H14N2.ClH/c1-3-5(7)4(2)6;/h4-5H,3,6-7H2,1-2H3;1H. The van der Waals surface area contributed by atoms with Gasteiger partial charge in [-0.15, -0.1) is 12.4 Å². The van der Waals surface area contributed by atoms with Crippen molar-refractivity contribution in [1.29, 1.82) is 0 Å². The van der Waals surface area contributed by atoms with Crippen LogP contribution in [0.3, 0.4) is 0 Å². The Balaban J connectivity index is 0. The van der Waals surface area contributed by atoms with Crippen LogP contribution in [0, 0.1) is 0 Å². The molecule has 8 heavy (non-hydrogen) atoms. The number of hydrogen-bond donors (Lipinski definition) is 2. The zero-order valence-corrected chi connectivity index (χ0v) is 6.24. The fourth-order valence-electron chi connectivity index (χ4n) is 0.372. The zero-order chi connectivity index (χ0) is 5.86. The Morgan fingerprint density at radius 1 is 1.38 bits per heavy atom. The zero-order valence-electron chi connectivity index (χ0n) is 5.42. The van der Waals surface area contributed by atoms with Gasteiger partial charge in [0, 0.05) is 12.1 Å². The molecule has 0 saturated carbocycles. The summed E-state index contributed by atoms with van der Waals surface area (Å²) in [6.45, 7) is 3.96. The molecule has 0 amide bonds. The molecule has 0 aromatic carbocycles. The normalized spacial score (nSPS) is 16.5. The minimum Gasteiger partial charge on any atom is -0.327 e. The summed E-state index contributed by atoms with van der Waals surface area (Å²) in [7, 11) is 0. The van der Waals surface area contributed by atoms with Gasteiger partial charge in [0.05, 0.1) is 0 Å². The Hall–Kier alpha value is 0.210. The predicted octanol–water partition coefficient (Wildman–Crippen LogP) is 0.493. The Labute approximate surface area is 57.0 Å². The molecule has 2 atom stereocenters. The third-order valence-corrected chi connectivity index (χ3v) is 1.15. The van der Waals surface area contributed by atoms with Crippen molar-refractivity contribution in [2.75, 3.05) is 0 Å². The SMILES string of the molecule is CCC(N)C(C)N.Cl. The Kier molecular flexibility index (Phi) is 7.40. The molecule has 0 bridgehead atoms. The van der Waals surface area contributed by atoms with Crippen molar-refractivity contribution in [2.24, 2.45) is 11.5 Å². The highest BCUT2D eigenvalue weighted by molar-refractivity contribution is 5.85. The molecular weight excluding hydrogens is 124 g/mol. The molecule has 2 unspecified atom stereocenters. The molecule has 52 valence electrons. The summed E-state index contributed by atoms with van der Waals surface area (Å²) in [6.07, 6.45) is 0.970. The maximum absolute atomic E-state index is 5.49. The predicted molar refractivity (Wildman–Crippen MR) is 39.2 cm³/mol. The summed E-state index contributed by atoms with van der Waals surface area (Å²) in [5.74, 6) is 0. The van der Waals surface area contributed by atoms with Crippen molar-refractivity contribution in [3.8, 4) is 0 Å². The van der Waals surface area contributed by atoms with E-state index in [2.05, 4.69) is 0 Å². The van der Waals surface area contributed by atoms with Gasteiger partial charge >= 0.3 is 0 Å². The number of halogens is 1. The van der Waals surface area contributed by atoms with Crippen LogP contribution in [0.4, 0.5) is 0 Å². The first-order valence-electron chi connectivity index (χ1n) is 2.69. The van der Waals surface area contributed by atoms with Crippen LogP contribution < -0.4 is 11.5 Å². The van der Waals surface area contributed by atoms with Crippen LogP contribution in [0.15, 0.2) is 0 Å². The van der Waals surface area contributed by atoms with Gasteiger partial charge < -0.3 is 11.5 Å². The molecule has 0 heterocycles. The highest BCUT2D eigenvalue weighted by Crippen LogP contribution is 1.88. The van der Waals surface area contributed by atoms with Crippen LogP contribution in [0.5, 0.6) is 0 Å². The average Bonchev–Trinajstić information content (AvgIpc) is 1.65. The van der Waals surface area contributed by atoms with Crippen LogP contribution in [-0.2, 0) is 0 Å². The molecule has 0 aliphatic heterocycles. The molecule has 0 aromatic rings. The summed E-state index contributed by atoms with van der Waals surface area (Å²) < 4.78 is 0. The van der Waals surface area contributed by atoms with Crippen molar-refractivity contribution in [3.05, 3.63) is 0 Å². The fraction of sp³-hybridized carbons (Fsp3) is 1.00. The van der Waals surface area contributed by atoms with Gasteiger partial charge in [0.1, 0.15) is 0 Å². The van der Waals surface area contributed by atoms with Crippen LogP contribution in [0.2, 0.25) is 0 Å². The third-order valence-electron chi connectivity index (χ3n) is 1.15. The Bertz CT molecular complexity index is 47.7. The van der Waals surface area contributed by atoms with Gasteiger partial charge in [0.15, 0.2) is 0 Å². The van der Waals surface area contributed by atoms with Crippen molar-refractivity contribution < 1.29 is 0 Å². The van der Waals surface area contributed by atoms with E-state index in [-0.39, 0.29) is 24.5 Å². The van der Waals surface area contributed by atoms with Crippen molar-refractivity contribution in [2.45, 2.75) is 32.4 Å². The summed E-state index contributed by atoms with van der Waals surface area (Å²) in [6, 6.07) is 0.324. The maximum Gasteiger partial charge on any atom is 0.0186 e. The summed E-state index contributed by atoms with van der Waals surface area (Å²) in [5, 5.41) is 0. The molecule has 0 radical (unpaired) electrons. The first-order chi connectivity index (χ1) is 3.18. The maximum atomic E-state index is 5.49. The lowest BCUT2D eigenvalue weighted by molar-refractivity contribution is 0.545. The van der Waals surface area contributed by atoms with E-state index in [0.29, 0.717) is 0 Å². The molecule has 0 rings (SSSR count). The molecule has 0 spiro atoms. The fourth-order valence-corrected chi connectivity index (χ4v) is 0.372. The summed E-state index contributed by atoms with van der Waals surface area (Å²) >= 11 is 0.